The van der Waals surface area contributed by atoms with E-state index in [1.807, 2.05) is 26.8 Å². The van der Waals surface area contributed by atoms with E-state index in [9.17, 15) is 4.79 Å². The highest BCUT2D eigenvalue weighted by atomic mass is 16.2. The number of nitrogens with two attached hydrogens (primary N) is 1. The van der Waals surface area contributed by atoms with E-state index in [-0.39, 0.29) is 5.91 Å². The molecule has 5 heteroatoms. The highest BCUT2D eigenvalue weighted by Gasteiger charge is 2.21. The van der Waals surface area contributed by atoms with E-state index in [0.29, 0.717) is 12.2 Å². The maximum Gasteiger partial charge on any atom is 0.270 e. The van der Waals surface area contributed by atoms with Crippen molar-refractivity contribution >= 4 is 5.91 Å². The van der Waals surface area contributed by atoms with Crippen LogP contribution in [-0.4, -0.2) is 27.8 Å². The summed E-state index contributed by atoms with van der Waals surface area (Å²) in [6.45, 7) is 6.19. The minimum atomic E-state index is -0.395. The number of rotatable bonds is 4. The molecule has 1 aromatic rings. The Morgan fingerprint density at radius 3 is 2.69 bits per heavy atom. The molecule has 1 aromatic heterocycles. The first-order valence-corrected chi connectivity index (χ1v) is 5.45. The molecular formula is C11H20N4O. The number of aryl methyl sites for hydroxylation is 2. The summed E-state index contributed by atoms with van der Waals surface area (Å²) in [4.78, 5) is 11.9. The van der Waals surface area contributed by atoms with E-state index >= 15 is 0 Å². The summed E-state index contributed by atoms with van der Waals surface area (Å²) in [5.41, 5.74) is 6.65. The number of amides is 1. The van der Waals surface area contributed by atoms with Gasteiger partial charge in [0.1, 0.15) is 5.69 Å². The van der Waals surface area contributed by atoms with E-state index in [0.717, 1.165) is 12.1 Å². The number of aromatic nitrogens is 2. The first-order valence-electron chi connectivity index (χ1n) is 5.45. The lowest BCUT2D eigenvalue weighted by atomic mass is 10.1. The van der Waals surface area contributed by atoms with Crippen molar-refractivity contribution in [2.75, 3.05) is 6.54 Å². The Balaban J connectivity index is 2.84. The number of hydrogen-bond acceptors (Lipinski definition) is 3. The fraction of sp³-hybridized carbons (Fsp3) is 0.636. The summed E-state index contributed by atoms with van der Waals surface area (Å²) in [5, 5.41) is 7.11. The van der Waals surface area contributed by atoms with Crippen molar-refractivity contribution in [3.63, 3.8) is 0 Å². The van der Waals surface area contributed by atoms with Gasteiger partial charge in [0.15, 0.2) is 0 Å². The second-order valence-corrected chi connectivity index (χ2v) is 4.54. The van der Waals surface area contributed by atoms with E-state index < -0.39 is 5.54 Å². The van der Waals surface area contributed by atoms with E-state index in [2.05, 4.69) is 10.4 Å². The zero-order valence-corrected chi connectivity index (χ0v) is 10.4. The van der Waals surface area contributed by atoms with E-state index in [1.165, 1.54) is 0 Å². The minimum Gasteiger partial charge on any atom is -0.345 e. The molecule has 90 valence electrons. The third-order valence-electron chi connectivity index (χ3n) is 2.49. The second kappa shape index (κ2) is 4.65. The Bertz CT molecular complexity index is 381. The van der Waals surface area contributed by atoms with Crippen LogP contribution in [-0.2, 0) is 13.5 Å². The van der Waals surface area contributed by atoms with Gasteiger partial charge in [-0.15, -0.1) is 0 Å². The smallest absolute Gasteiger partial charge is 0.270 e. The third-order valence-corrected chi connectivity index (χ3v) is 2.49. The summed E-state index contributed by atoms with van der Waals surface area (Å²) >= 11 is 0. The van der Waals surface area contributed by atoms with Gasteiger partial charge in [0.2, 0.25) is 0 Å². The average molecular weight is 224 g/mol. The Morgan fingerprint density at radius 2 is 2.25 bits per heavy atom. The molecular weight excluding hydrogens is 204 g/mol. The topological polar surface area (TPSA) is 72.9 Å². The lowest BCUT2D eigenvalue weighted by Crippen LogP contribution is -2.49. The highest BCUT2D eigenvalue weighted by molar-refractivity contribution is 5.93. The van der Waals surface area contributed by atoms with Crippen LogP contribution >= 0.6 is 0 Å². The Morgan fingerprint density at radius 1 is 1.62 bits per heavy atom. The monoisotopic (exact) mass is 224 g/mol. The number of carbonyl (C=O) groups excluding carboxylic acids is 1. The van der Waals surface area contributed by atoms with Crippen LogP contribution in [0.2, 0.25) is 0 Å². The molecule has 0 aliphatic heterocycles. The second-order valence-electron chi connectivity index (χ2n) is 4.54. The lowest BCUT2D eigenvalue weighted by molar-refractivity contribution is 0.0906. The van der Waals surface area contributed by atoms with Crippen LogP contribution in [0.3, 0.4) is 0 Å². The molecule has 0 radical (unpaired) electrons. The largest absolute Gasteiger partial charge is 0.345 e. The molecule has 3 N–H and O–H groups in total. The summed E-state index contributed by atoms with van der Waals surface area (Å²) < 4.78 is 1.60. The summed E-state index contributed by atoms with van der Waals surface area (Å²) in [6, 6.07) is 1.81. The van der Waals surface area contributed by atoms with Crippen LogP contribution in [0.1, 0.15) is 37.0 Å². The van der Waals surface area contributed by atoms with Crippen LogP contribution in [0, 0.1) is 0 Å². The first-order chi connectivity index (χ1) is 7.39. The molecule has 0 bridgehead atoms. The predicted molar refractivity (Wildman–Crippen MR) is 63.2 cm³/mol. The Labute approximate surface area is 96.0 Å². The first kappa shape index (κ1) is 12.7. The molecule has 1 rings (SSSR count). The molecule has 0 aliphatic carbocycles. The number of nitrogens with one attached hydrogen (secondary N) is 1. The van der Waals surface area contributed by atoms with Crippen molar-refractivity contribution < 1.29 is 4.79 Å². The lowest BCUT2D eigenvalue weighted by Gasteiger charge is -2.23. The molecule has 0 atom stereocenters. The van der Waals surface area contributed by atoms with Crippen molar-refractivity contribution in [3.05, 3.63) is 17.5 Å². The normalized spacial score (nSPS) is 11.6. The van der Waals surface area contributed by atoms with Crippen LogP contribution in [0.25, 0.3) is 0 Å². The average Bonchev–Trinajstić information content (AvgIpc) is 2.59. The molecule has 0 unspecified atom stereocenters. The summed E-state index contributed by atoms with van der Waals surface area (Å²) in [5.74, 6) is -0.134. The van der Waals surface area contributed by atoms with Crippen molar-refractivity contribution in [1.29, 1.82) is 0 Å². The highest BCUT2D eigenvalue weighted by Crippen LogP contribution is 2.06. The molecule has 1 amide bonds. The SMILES string of the molecule is CCc1cc(C(=O)NC(C)(C)CN)n(C)n1. The van der Waals surface area contributed by atoms with Crippen LogP contribution in [0.5, 0.6) is 0 Å². The zero-order valence-electron chi connectivity index (χ0n) is 10.4. The molecule has 0 aliphatic rings. The quantitative estimate of drug-likeness (QED) is 0.780. The maximum absolute atomic E-state index is 11.9. The number of nitrogens with zero attached hydrogens (tertiary/aromatic N) is 2. The van der Waals surface area contributed by atoms with Crippen molar-refractivity contribution in [2.24, 2.45) is 12.8 Å². The Hall–Kier alpha value is -1.36. The van der Waals surface area contributed by atoms with Crippen molar-refractivity contribution in [3.8, 4) is 0 Å². The van der Waals surface area contributed by atoms with Gasteiger partial charge in [0, 0.05) is 19.1 Å². The van der Waals surface area contributed by atoms with Gasteiger partial charge in [0.25, 0.3) is 5.91 Å². The van der Waals surface area contributed by atoms with Crippen LogP contribution in [0.4, 0.5) is 0 Å². The Kier molecular flexibility index (Phi) is 3.70. The van der Waals surface area contributed by atoms with Crippen molar-refractivity contribution in [1.82, 2.24) is 15.1 Å². The molecule has 1 heterocycles. The number of hydrogen-bond donors (Lipinski definition) is 2. The van der Waals surface area contributed by atoms with Crippen LogP contribution < -0.4 is 11.1 Å². The van der Waals surface area contributed by atoms with Gasteiger partial charge in [-0.05, 0) is 26.3 Å². The van der Waals surface area contributed by atoms with Gasteiger partial charge in [-0.2, -0.15) is 5.10 Å². The zero-order chi connectivity index (χ0) is 12.3. The molecule has 16 heavy (non-hydrogen) atoms. The van der Waals surface area contributed by atoms with Gasteiger partial charge in [-0.1, -0.05) is 6.92 Å². The molecule has 0 saturated carbocycles. The van der Waals surface area contributed by atoms with Crippen molar-refractivity contribution in [2.45, 2.75) is 32.7 Å². The fourth-order valence-corrected chi connectivity index (χ4v) is 1.33. The maximum atomic E-state index is 11.9. The van der Waals surface area contributed by atoms with Gasteiger partial charge in [-0.25, -0.2) is 0 Å². The fourth-order valence-electron chi connectivity index (χ4n) is 1.33. The van der Waals surface area contributed by atoms with Gasteiger partial charge < -0.3 is 11.1 Å². The van der Waals surface area contributed by atoms with Gasteiger partial charge in [-0.3, -0.25) is 9.48 Å². The predicted octanol–water partition coefficient (Wildman–Crippen LogP) is 0.450. The standard InChI is InChI=1S/C11H20N4O/c1-5-8-6-9(15(4)14-8)10(16)13-11(2,3)7-12/h6H,5,7,12H2,1-4H3,(H,13,16). The summed E-state index contributed by atoms with van der Waals surface area (Å²) in [7, 11) is 1.77. The van der Waals surface area contributed by atoms with Crippen LogP contribution in [0.15, 0.2) is 6.07 Å². The van der Waals surface area contributed by atoms with Gasteiger partial charge >= 0.3 is 0 Å². The molecule has 0 saturated heterocycles. The van der Waals surface area contributed by atoms with Gasteiger partial charge in [0.05, 0.1) is 5.69 Å². The van der Waals surface area contributed by atoms with E-state index in [1.54, 1.807) is 11.7 Å². The third kappa shape index (κ3) is 2.82. The molecule has 0 fully saturated rings. The molecule has 0 aromatic carbocycles. The minimum absolute atomic E-state index is 0.134. The summed E-state index contributed by atoms with van der Waals surface area (Å²) in [6.07, 6.45) is 0.821. The number of carbonyl (C=O) groups is 1. The van der Waals surface area contributed by atoms with E-state index in [4.69, 9.17) is 5.73 Å². The molecule has 5 nitrogen and oxygen atoms in total. The molecule has 0 spiro atoms.